The summed E-state index contributed by atoms with van der Waals surface area (Å²) in [4.78, 5) is 183. The molecule has 0 aromatic rings. The minimum absolute atomic E-state index is 0.0476. The molecule has 0 aliphatic carbocycles. The van der Waals surface area contributed by atoms with Gasteiger partial charge in [-0.05, 0) is 57.3 Å². The number of hydroxylamine groups is 6. The molecule has 0 spiro atoms. The number of carbonyl (C=O) groups excluding carboxylic acids is 14. The van der Waals surface area contributed by atoms with E-state index in [1.165, 1.54) is 13.8 Å². The number of ether oxygens (including phenoxy) is 1. The van der Waals surface area contributed by atoms with Crippen LogP contribution in [0.4, 0.5) is 0 Å². The van der Waals surface area contributed by atoms with E-state index in [1.54, 1.807) is 12.2 Å². The molecule has 12 N–H and O–H groups in total. The fraction of sp³-hybridized carbons (Fsp3) is 0.686. The third-order valence-corrected chi connectivity index (χ3v) is 12.4. The Kier molecular flexibility index (Phi) is 35.6. The lowest BCUT2D eigenvalue weighted by Gasteiger charge is -2.29. The molecule has 0 aromatic heterocycles. The van der Waals surface area contributed by atoms with Gasteiger partial charge in [0.25, 0.3) is 0 Å². The highest BCUT2D eigenvalue weighted by atomic mass is 16.5. The molecule has 1 aliphatic rings. The van der Waals surface area contributed by atoms with Gasteiger partial charge in [-0.15, -0.1) is 0 Å². The van der Waals surface area contributed by atoms with Crippen LogP contribution in [0.1, 0.15) is 119 Å². The van der Waals surface area contributed by atoms with Crippen LogP contribution in [0.25, 0.3) is 0 Å². The molecule has 7 unspecified atom stereocenters. The van der Waals surface area contributed by atoms with Crippen molar-refractivity contribution < 1.29 is 82.1 Å². The zero-order chi connectivity index (χ0) is 63.5. The number of rotatable bonds is 23. The van der Waals surface area contributed by atoms with Crippen LogP contribution in [0.3, 0.4) is 0 Å². The first kappa shape index (κ1) is 74.1. The number of esters is 1. The summed E-state index contributed by atoms with van der Waals surface area (Å²) in [7, 11) is 0. The minimum Gasteiger partial charge on any atom is -0.756 e. The molecule has 0 saturated carbocycles. The lowest BCUT2D eigenvalue weighted by Crippen LogP contribution is -2.60. The second-order valence-corrected chi connectivity index (χ2v) is 19.8. The highest BCUT2D eigenvalue weighted by molar-refractivity contribution is 5.98. The van der Waals surface area contributed by atoms with Crippen molar-refractivity contribution in [2.75, 3.05) is 59.1 Å². The second kappa shape index (κ2) is 40.4. The minimum atomic E-state index is -1.86. The summed E-state index contributed by atoms with van der Waals surface area (Å²) in [5.41, 5.74) is 0. The van der Waals surface area contributed by atoms with Crippen molar-refractivity contribution in [3.8, 4) is 0 Å². The maximum absolute atomic E-state index is 14.0. The van der Waals surface area contributed by atoms with Crippen molar-refractivity contribution in [3.63, 3.8) is 0 Å². The molecule has 33 nitrogen and oxygen atoms in total. The summed E-state index contributed by atoms with van der Waals surface area (Å²) in [5.74, 6) is -15.4. The average molecular weight is 1200 g/mol. The number of unbranched alkanes of at least 4 members (excludes halogenated alkanes) is 4. The van der Waals surface area contributed by atoms with Crippen LogP contribution in [0, 0.1) is 21.5 Å². The van der Waals surface area contributed by atoms with E-state index in [4.69, 9.17) is 4.74 Å². The summed E-state index contributed by atoms with van der Waals surface area (Å²) < 4.78 is 5.26. The topological polar surface area (TPSA) is 488 Å². The number of nitrogens with zero attached hydrogens (tertiary/aromatic N) is 3. The molecule has 1 saturated heterocycles. The van der Waals surface area contributed by atoms with Gasteiger partial charge < -0.3 is 98.9 Å². The molecule has 0 bridgehead atoms. The quantitative estimate of drug-likeness (QED) is 0.0198. The Bertz CT molecular complexity index is 2290. The maximum atomic E-state index is 14.0. The number of aliphatic hydroxyl groups is 2. The normalized spacial score (nSPS) is 21.8. The Morgan fingerprint density at radius 1 is 0.548 bits per heavy atom. The molecule has 33 heteroatoms. The van der Waals surface area contributed by atoms with Gasteiger partial charge in [0.2, 0.25) is 76.8 Å². The van der Waals surface area contributed by atoms with E-state index in [9.17, 15) is 93.0 Å². The number of cyclic esters (lactones) is 1. The predicted octanol–water partition coefficient (Wildman–Crippen LogP) is -4.78. The van der Waals surface area contributed by atoms with Gasteiger partial charge in [0, 0.05) is 46.8 Å². The van der Waals surface area contributed by atoms with Gasteiger partial charge in [-0.3, -0.25) is 67.1 Å². The first-order chi connectivity index (χ1) is 39.6. The molecule has 1 aliphatic heterocycles. The van der Waals surface area contributed by atoms with Gasteiger partial charge in [0.15, 0.2) is 0 Å². The van der Waals surface area contributed by atoms with Gasteiger partial charge in [0.05, 0.1) is 26.3 Å². The second-order valence-electron chi connectivity index (χ2n) is 19.8. The zero-order valence-corrected chi connectivity index (χ0v) is 48.2. The van der Waals surface area contributed by atoms with Crippen LogP contribution in [-0.2, 0) is 71.9 Å². The standard InChI is InChI=1S/C51H82N13O20/c1-7-8-9-10-11-12-13-20-40(70)56-39-29-84-43(73)26-54-45(74)34(17-14-21-62(81)31(4)67)55-41(71)24-53-47(76)37(27-65)59-48(77)36(19-16-23-64(83)33(6)69)58-49(78)38(28-66)60-51(80)44(30(2)3)61-42(72)25-52-46(75)35(57-50(39)79)18-15-22-63(82)32(5)68/h12-13,30,34-39,44,65-66H,7-11,14-29H2,1-6H3,(H,52,75)(H,53,76)(H,54,74)(H,55,71)(H,56,70)(H,57,79)(H,58,78)(H,59,77)(H,60,80)(H,61,72)/q-3/b13-12+. The van der Waals surface area contributed by atoms with Crippen molar-refractivity contribution in [1.29, 1.82) is 0 Å². The van der Waals surface area contributed by atoms with Crippen LogP contribution in [0.2, 0.25) is 0 Å². The van der Waals surface area contributed by atoms with Gasteiger partial charge in [-0.2, -0.15) is 0 Å². The van der Waals surface area contributed by atoms with Crippen molar-refractivity contribution in [2.45, 2.75) is 161 Å². The van der Waals surface area contributed by atoms with Crippen LogP contribution in [0.15, 0.2) is 12.2 Å². The third-order valence-electron chi connectivity index (χ3n) is 12.4. The number of aliphatic hydroxyl groups excluding tert-OH is 2. The SMILES string of the molecule is CCCCCC/C=C/CC(=O)NC1COC(=O)CNC(=O)C(CCCN([O-])C(C)=O)NC(=O)CNC(=O)C(CO)NC(=O)C(CCCN([O-])C(C)=O)NC(=O)C(CO)NC(=O)C(C(C)C)NC(=O)CNC(=O)C(CCCN([O-])C(C)=O)NC1=O. The summed E-state index contributed by atoms with van der Waals surface area (Å²) >= 11 is 0. The maximum Gasteiger partial charge on any atom is 0.325 e. The number of carbonyl (C=O) groups is 14. The Hall–Kier alpha value is -7.88. The van der Waals surface area contributed by atoms with E-state index >= 15 is 0 Å². The Morgan fingerprint density at radius 3 is 1.45 bits per heavy atom. The first-order valence-electron chi connectivity index (χ1n) is 27.5. The smallest absolute Gasteiger partial charge is 0.325 e. The molecule has 1 rings (SSSR count). The van der Waals surface area contributed by atoms with Gasteiger partial charge >= 0.3 is 5.97 Å². The van der Waals surface area contributed by atoms with Crippen LogP contribution >= 0.6 is 0 Å². The number of amides is 13. The highest BCUT2D eigenvalue weighted by Gasteiger charge is 2.34. The first-order valence-corrected chi connectivity index (χ1v) is 27.5. The van der Waals surface area contributed by atoms with Gasteiger partial charge in [-0.1, -0.05) is 52.2 Å². The van der Waals surface area contributed by atoms with Crippen LogP contribution in [-0.4, -0.2) is 210 Å². The molecular formula is C51H82N13O20-3. The summed E-state index contributed by atoms with van der Waals surface area (Å²) in [5, 5.41) is 79.5. The predicted molar refractivity (Wildman–Crippen MR) is 295 cm³/mol. The fourth-order valence-electron chi connectivity index (χ4n) is 7.59. The Labute approximate surface area is 485 Å². The van der Waals surface area contributed by atoms with E-state index in [1.807, 2.05) is 6.92 Å². The van der Waals surface area contributed by atoms with Gasteiger partial charge in [-0.25, -0.2) is 0 Å². The summed E-state index contributed by atoms with van der Waals surface area (Å²) in [6.07, 6.45) is 5.67. The Morgan fingerprint density at radius 2 is 0.964 bits per heavy atom. The molecule has 474 valence electrons. The molecular weight excluding hydrogens is 1110 g/mol. The molecule has 1 fully saturated rings. The number of hydrogen-bond acceptors (Lipinski definition) is 20. The summed E-state index contributed by atoms with van der Waals surface area (Å²) in [6, 6.07) is -11.9. The van der Waals surface area contributed by atoms with E-state index in [2.05, 4.69) is 53.2 Å². The van der Waals surface area contributed by atoms with Gasteiger partial charge in [0.1, 0.15) is 55.4 Å². The average Bonchev–Trinajstić information content (AvgIpc) is 3.57. The van der Waals surface area contributed by atoms with E-state index < -0.39 is 196 Å². The van der Waals surface area contributed by atoms with Crippen molar-refractivity contribution in [3.05, 3.63) is 27.8 Å². The molecule has 13 amide bonds. The number of hydrogen-bond donors (Lipinski definition) is 12. The third kappa shape index (κ3) is 29.9. The lowest BCUT2D eigenvalue weighted by atomic mass is 10.0. The fourth-order valence-corrected chi connectivity index (χ4v) is 7.59. The number of allylic oxidation sites excluding steroid dienone is 1. The Balaban J connectivity index is 3.82. The molecule has 7 atom stereocenters. The van der Waals surface area contributed by atoms with E-state index in [-0.39, 0.29) is 53.7 Å². The zero-order valence-electron chi connectivity index (χ0n) is 48.2. The molecule has 0 radical (unpaired) electrons. The molecule has 0 aromatic carbocycles. The highest BCUT2D eigenvalue weighted by Crippen LogP contribution is 2.09. The van der Waals surface area contributed by atoms with Crippen LogP contribution in [0.5, 0.6) is 0 Å². The van der Waals surface area contributed by atoms with Crippen molar-refractivity contribution >= 4 is 82.8 Å². The summed E-state index contributed by atoms with van der Waals surface area (Å²) in [6.45, 7) is 0.578. The number of nitrogens with one attached hydrogen (secondary N) is 10. The van der Waals surface area contributed by atoms with Crippen LogP contribution < -0.4 is 53.2 Å². The largest absolute Gasteiger partial charge is 0.756 e. The lowest BCUT2D eigenvalue weighted by molar-refractivity contribution is -0.147. The monoisotopic (exact) mass is 1200 g/mol. The molecule has 84 heavy (non-hydrogen) atoms. The van der Waals surface area contributed by atoms with Crippen molar-refractivity contribution in [1.82, 2.24) is 68.4 Å². The van der Waals surface area contributed by atoms with Crippen molar-refractivity contribution in [2.24, 2.45) is 5.92 Å². The van der Waals surface area contributed by atoms with E-state index in [0.29, 0.717) is 6.42 Å². The molecule has 1 heterocycles. The van der Waals surface area contributed by atoms with E-state index in [0.717, 1.165) is 46.5 Å².